The summed E-state index contributed by atoms with van der Waals surface area (Å²) in [5.74, 6) is 0.494. The summed E-state index contributed by atoms with van der Waals surface area (Å²) in [7, 11) is 0. The predicted octanol–water partition coefficient (Wildman–Crippen LogP) is 3.39. The van der Waals surface area contributed by atoms with Gasteiger partial charge in [0, 0.05) is 12.1 Å². The molecule has 20 heavy (non-hydrogen) atoms. The quantitative estimate of drug-likeness (QED) is 0.925. The maximum Gasteiger partial charge on any atom is 0.139 e. The summed E-state index contributed by atoms with van der Waals surface area (Å²) in [5.41, 5.74) is 8.99. The van der Waals surface area contributed by atoms with Crippen LogP contribution in [-0.4, -0.2) is 6.54 Å². The van der Waals surface area contributed by atoms with Gasteiger partial charge in [-0.2, -0.15) is 0 Å². The lowest BCUT2D eigenvalue weighted by Gasteiger charge is -2.19. The monoisotopic (exact) mass is 271 g/mol. The summed E-state index contributed by atoms with van der Waals surface area (Å²) in [6, 6.07) is 12.7. The molecule has 3 heteroatoms. The fourth-order valence-corrected chi connectivity index (χ4v) is 2.76. The van der Waals surface area contributed by atoms with E-state index in [1.807, 2.05) is 6.07 Å². The van der Waals surface area contributed by atoms with Crippen molar-refractivity contribution in [2.75, 3.05) is 6.54 Å². The molecular weight excluding hydrogens is 253 g/mol. The Balaban J connectivity index is 1.83. The van der Waals surface area contributed by atoms with Crippen molar-refractivity contribution >= 4 is 0 Å². The van der Waals surface area contributed by atoms with E-state index in [2.05, 4.69) is 12.1 Å². The van der Waals surface area contributed by atoms with Crippen LogP contribution in [0.4, 0.5) is 4.39 Å². The van der Waals surface area contributed by atoms with Gasteiger partial charge in [-0.15, -0.1) is 0 Å². The fourth-order valence-electron chi connectivity index (χ4n) is 2.76. The lowest BCUT2D eigenvalue weighted by Crippen LogP contribution is -2.19. The molecule has 1 atom stereocenters. The molecule has 0 aromatic heterocycles. The number of ether oxygens (including phenoxy) is 1. The van der Waals surface area contributed by atoms with Gasteiger partial charge in [0.15, 0.2) is 0 Å². The van der Waals surface area contributed by atoms with Crippen molar-refractivity contribution in [1.82, 2.24) is 0 Å². The molecule has 1 aliphatic carbocycles. The molecule has 1 aliphatic rings. The number of fused-ring (bicyclic) bond motifs is 1. The van der Waals surface area contributed by atoms with E-state index in [4.69, 9.17) is 10.5 Å². The Morgan fingerprint density at radius 2 is 1.90 bits per heavy atom. The zero-order chi connectivity index (χ0) is 13.9. The SMILES string of the molecule is NCC(Oc1ccc2c(c1)CCC2)c1ccccc1F. The second-order valence-electron chi connectivity index (χ2n) is 5.15. The van der Waals surface area contributed by atoms with Gasteiger partial charge in [0.2, 0.25) is 0 Å². The molecule has 0 saturated carbocycles. The maximum atomic E-state index is 13.8. The summed E-state index contributed by atoms with van der Waals surface area (Å²) in [4.78, 5) is 0. The van der Waals surface area contributed by atoms with Crippen LogP contribution in [0.2, 0.25) is 0 Å². The third-order valence-corrected chi connectivity index (χ3v) is 3.81. The highest BCUT2D eigenvalue weighted by molar-refractivity contribution is 5.38. The van der Waals surface area contributed by atoms with Crippen molar-refractivity contribution in [3.63, 3.8) is 0 Å². The fraction of sp³-hybridized carbons (Fsp3) is 0.294. The van der Waals surface area contributed by atoms with Gasteiger partial charge < -0.3 is 10.5 Å². The molecule has 0 fully saturated rings. The summed E-state index contributed by atoms with van der Waals surface area (Å²) in [6.45, 7) is 0.248. The van der Waals surface area contributed by atoms with Crippen molar-refractivity contribution in [2.24, 2.45) is 5.73 Å². The largest absolute Gasteiger partial charge is 0.484 e. The summed E-state index contributed by atoms with van der Waals surface area (Å²) < 4.78 is 19.7. The molecule has 2 aromatic rings. The number of rotatable bonds is 4. The van der Waals surface area contributed by atoms with Crippen LogP contribution in [-0.2, 0) is 12.8 Å². The van der Waals surface area contributed by atoms with E-state index in [0.29, 0.717) is 5.56 Å². The van der Waals surface area contributed by atoms with E-state index in [1.54, 1.807) is 18.2 Å². The van der Waals surface area contributed by atoms with Crippen LogP contribution >= 0.6 is 0 Å². The summed E-state index contributed by atoms with van der Waals surface area (Å²) >= 11 is 0. The van der Waals surface area contributed by atoms with Crippen LogP contribution in [0.25, 0.3) is 0 Å². The number of hydrogen-bond acceptors (Lipinski definition) is 2. The van der Waals surface area contributed by atoms with Crippen molar-refractivity contribution in [2.45, 2.75) is 25.4 Å². The Bertz CT molecular complexity index is 612. The van der Waals surface area contributed by atoms with Crippen molar-refractivity contribution in [3.8, 4) is 5.75 Å². The molecule has 0 bridgehead atoms. The van der Waals surface area contributed by atoms with Gasteiger partial charge >= 0.3 is 0 Å². The van der Waals surface area contributed by atoms with Gasteiger partial charge in [-0.1, -0.05) is 24.3 Å². The molecule has 0 amide bonds. The lowest BCUT2D eigenvalue weighted by atomic mass is 10.1. The summed E-state index contributed by atoms with van der Waals surface area (Å²) in [6.07, 6.45) is 2.99. The molecule has 1 unspecified atom stereocenters. The van der Waals surface area contributed by atoms with Crippen LogP contribution < -0.4 is 10.5 Å². The van der Waals surface area contributed by atoms with E-state index in [9.17, 15) is 4.39 Å². The molecule has 3 rings (SSSR count). The highest BCUT2D eigenvalue weighted by Crippen LogP contribution is 2.29. The molecule has 0 spiro atoms. The molecule has 2 aromatic carbocycles. The normalized spacial score (nSPS) is 14.9. The zero-order valence-corrected chi connectivity index (χ0v) is 11.3. The Morgan fingerprint density at radius 1 is 1.10 bits per heavy atom. The van der Waals surface area contributed by atoms with Gasteiger partial charge in [0.1, 0.15) is 17.7 Å². The molecule has 2 N–H and O–H groups in total. The first-order valence-corrected chi connectivity index (χ1v) is 7.01. The van der Waals surface area contributed by atoms with Crippen molar-refractivity contribution in [3.05, 3.63) is 65.0 Å². The van der Waals surface area contributed by atoms with Gasteiger partial charge in [-0.3, -0.25) is 0 Å². The van der Waals surface area contributed by atoms with E-state index < -0.39 is 6.10 Å². The number of hydrogen-bond donors (Lipinski definition) is 1. The van der Waals surface area contributed by atoms with Crippen molar-refractivity contribution < 1.29 is 9.13 Å². The second-order valence-corrected chi connectivity index (χ2v) is 5.15. The Morgan fingerprint density at radius 3 is 2.70 bits per heavy atom. The number of nitrogens with two attached hydrogens (primary N) is 1. The van der Waals surface area contributed by atoms with Crippen molar-refractivity contribution in [1.29, 1.82) is 0 Å². The lowest BCUT2D eigenvalue weighted by molar-refractivity contribution is 0.209. The smallest absolute Gasteiger partial charge is 0.139 e. The molecular formula is C17H18FNO. The molecule has 0 heterocycles. The molecule has 0 aliphatic heterocycles. The third-order valence-electron chi connectivity index (χ3n) is 3.81. The number of aryl methyl sites for hydroxylation is 2. The van der Waals surface area contributed by atoms with Gasteiger partial charge in [0.25, 0.3) is 0 Å². The average molecular weight is 271 g/mol. The predicted molar refractivity (Wildman–Crippen MR) is 77.3 cm³/mol. The van der Waals surface area contributed by atoms with E-state index in [1.165, 1.54) is 23.6 Å². The highest BCUT2D eigenvalue weighted by atomic mass is 19.1. The van der Waals surface area contributed by atoms with Crippen LogP contribution in [0.5, 0.6) is 5.75 Å². The minimum atomic E-state index is -0.448. The Hall–Kier alpha value is -1.87. The first kappa shape index (κ1) is 13.1. The first-order chi connectivity index (χ1) is 9.78. The van der Waals surface area contributed by atoms with Gasteiger partial charge in [-0.05, 0) is 48.6 Å². The second kappa shape index (κ2) is 5.63. The standard InChI is InChI=1S/C17H18FNO/c18-16-7-2-1-6-15(16)17(11-19)20-14-9-8-12-4-3-5-13(12)10-14/h1-2,6-10,17H,3-5,11,19H2. The van der Waals surface area contributed by atoms with Crippen LogP contribution in [0, 0.1) is 5.82 Å². The minimum Gasteiger partial charge on any atom is -0.484 e. The molecule has 0 saturated heterocycles. The maximum absolute atomic E-state index is 13.8. The van der Waals surface area contributed by atoms with Crippen LogP contribution in [0.3, 0.4) is 0 Å². The molecule has 2 nitrogen and oxygen atoms in total. The number of halogens is 1. The molecule has 0 radical (unpaired) electrons. The highest BCUT2D eigenvalue weighted by Gasteiger charge is 2.17. The first-order valence-electron chi connectivity index (χ1n) is 7.01. The summed E-state index contributed by atoms with van der Waals surface area (Å²) in [5, 5.41) is 0. The zero-order valence-electron chi connectivity index (χ0n) is 11.3. The van der Waals surface area contributed by atoms with Crippen LogP contribution in [0.15, 0.2) is 42.5 Å². The van der Waals surface area contributed by atoms with E-state index >= 15 is 0 Å². The minimum absolute atomic E-state index is 0.248. The van der Waals surface area contributed by atoms with E-state index in [0.717, 1.165) is 18.6 Å². The van der Waals surface area contributed by atoms with Gasteiger partial charge in [-0.25, -0.2) is 4.39 Å². The number of benzene rings is 2. The topological polar surface area (TPSA) is 35.2 Å². The van der Waals surface area contributed by atoms with Crippen LogP contribution in [0.1, 0.15) is 29.2 Å². The van der Waals surface area contributed by atoms with E-state index in [-0.39, 0.29) is 12.4 Å². The van der Waals surface area contributed by atoms with Gasteiger partial charge in [0.05, 0.1) is 0 Å². The molecule has 104 valence electrons. The Kier molecular flexibility index (Phi) is 3.70. The third kappa shape index (κ3) is 2.54. The average Bonchev–Trinajstić information content (AvgIpc) is 2.93. The Labute approximate surface area is 118 Å².